The molecule has 1 heterocycles. The topological polar surface area (TPSA) is 93.3 Å². The van der Waals surface area contributed by atoms with E-state index in [2.05, 4.69) is 4.98 Å². The molecule has 1 aliphatic rings. The Bertz CT molecular complexity index is 875. The second-order valence-corrected chi connectivity index (χ2v) is 7.41. The third kappa shape index (κ3) is 3.38. The predicted molar refractivity (Wildman–Crippen MR) is 88.6 cm³/mol. The molecule has 0 spiro atoms. The zero-order chi connectivity index (χ0) is 17.3. The molecular weight excluding hydrogens is 331 g/mol. The second-order valence-electron chi connectivity index (χ2n) is 5.84. The van der Waals surface area contributed by atoms with Crippen LogP contribution in [0.2, 0.25) is 0 Å². The Morgan fingerprint density at radius 3 is 2.33 bits per heavy atom. The van der Waals surface area contributed by atoms with Gasteiger partial charge >= 0.3 is 0 Å². The predicted octanol–water partition coefficient (Wildman–Crippen LogP) is 2.18. The monoisotopic (exact) mass is 348 g/mol. The summed E-state index contributed by atoms with van der Waals surface area (Å²) in [4.78, 5) is 4.18. The fraction of sp³-hybridized carbons (Fsp3) is 0.235. The molecule has 1 aliphatic carbocycles. The van der Waals surface area contributed by atoms with Crippen molar-refractivity contribution in [2.24, 2.45) is 11.1 Å². The Kier molecular flexibility index (Phi) is 4.49. The first-order valence-corrected chi connectivity index (χ1v) is 9.01. The molecule has 0 radical (unpaired) electrons. The Balaban J connectivity index is 2.04. The number of aliphatic hydroxyl groups excluding tert-OH is 1. The second kappa shape index (κ2) is 6.43. The molecule has 1 unspecified atom stereocenters. The van der Waals surface area contributed by atoms with Crippen LogP contribution >= 0.6 is 0 Å². The van der Waals surface area contributed by atoms with Crippen LogP contribution in [0.5, 0.6) is 0 Å². The lowest BCUT2D eigenvalue weighted by Crippen LogP contribution is -2.11. The van der Waals surface area contributed by atoms with Crippen molar-refractivity contribution in [2.75, 3.05) is 6.61 Å². The van der Waals surface area contributed by atoms with Crippen LogP contribution in [0.3, 0.4) is 0 Å². The van der Waals surface area contributed by atoms with E-state index in [1.165, 1.54) is 18.2 Å². The largest absolute Gasteiger partial charge is 0.396 e. The van der Waals surface area contributed by atoms with Crippen LogP contribution < -0.4 is 5.14 Å². The van der Waals surface area contributed by atoms with E-state index in [0.717, 1.165) is 22.9 Å². The fourth-order valence-corrected chi connectivity index (χ4v) is 3.49. The average molecular weight is 348 g/mol. The number of aliphatic hydroxyl groups is 1. The maximum atomic E-state index is 13.1. The van der Waals surface area contributed by atoms with Crippen LogP contribution in [0.15, 0.2) is 47.5 Å². The zero-order valence-electron chi connectivity index (χ0n) is 12.8. The Labute approximate surface area is 139 Å². The number of sulfonamides is 1. The minimum Gasteiger partial charge on any atom is -0.396 e. The van der Waals surface area contributed by atoms with Gasteiger partial charge in [0, 0.05) is 6.61 Å². The smallest absolute Gasteiger partial charge is 0.238 e. The van der Waals surface area contributed by atoms with E-state index in [4.69, 9.17) is 5.14 Å². The first-order valence-electron chi connectivity index (χ1n) is 7.46. The minimum atomic E-state index is -3.74. The lowest BCUT2D eigenvalue weighted by molar-refractivity contribution is 0.235. The maximum absolute atomic E-state index is 13.1. The lowest BCUT2D eigenvalue weighted by Gasteiger charge is -2.08. The van der Waals surface area contributed by atoms with Gasteiger partial charge in [0.15, 0.2) is 0 Å². The van der Waals surface area contributed by atoms with Crippen molar-refractivity contribution in [2.45, 2.75) is 17.7 Å². The normalized spacial score (nSPS) is 18.2. The van der Waals surface area contributed by atoms with E-state index >= 15 is 0 Å². The Hall–Kier alpha value is -2.09. The van der Waals surface area contributed by atoms with Gasteiger partial charge in [-0.3, -0.25) is 4.98 Å². The average Bonchev–Trinajstić information content (AvgIpc) is 2.99. The summed E-state index contributed by atoms with van der Waals surface area (Å²) in [5.41, 5.74) is 3.43. The van der Waals surface area contributed by atoms with Gasteiger partial charge in [0.25, 0.3) is 0 Å². The number of hydrogen-bond acceptors (Lipinski definition) is 4. The van der Waals surface area contributed by atoms with Crippen molar-refractivity contribution >= 4 is 21.2 Å². The standard InChI is InChI=1S/C17H17FN2O3S/c18-13-3-6-17(20-9-13)16-8-11(10-21)7-15(16)12-1-4-14(5-2-12)24(19,22)23/h1-6,9,11,21H,7-8,10H2,(H2,19,22,23). The van der Waals surface area contributed by atoms with Crippen molar-refractivity contribution in [3.8, 4) is 0 Å². The molecule has 0 saturated carbocycles. The van der Waals surface area contributed by atoms with Gasteiger partial charge in [-0.2, -0.15) is 0 Å². The quantitative estimate of drug-likeness (QED) is 0.886. The van der Waals surface area contributed by atoms with Crippen LogP contribution in [0.1, 0.15) is 24.1 Å². The summed E-state index contributed by atoms with van der Waals surface area (Å²) in [6.07, 6.45) is 2.46. The molecule has 3 rings (SSSR count). The van der Waals surface area contributed by atoms with Crippen molar-refractivity contribution < 1.29 is 17.9 Å². The highest BCUT2D eigenvalue weighted by molar-refractivity contribution is 7.89. The van der Waals surface area contributed by atoms with Gasteiger partial charge in [0.1, 0.15) is 5.82 Å². The van der Waals surface area contributed by atoms with Gasteiger partial charge in [-0.15, -0.1) is 0 Å². The fourth-order valence-electron chi connectivity index (χ4n) is 2.98. The molecule has 5 nitrogen and oxygen atoms in total. The van der Waals surface area contributed by atoms with Crippen molar-refractivity contribution in [1.29, 1.82) is 0 Å². The van der Waals surface area contributed by atoms with Crippen LogP contribution in [-0.4, -0.2) is 25.1 Å². The number of halogens is 1. The molecule has 0 fully saturated rings. The van der Waals surface area contributed by atoms with E-state index in [-0.39, 0.29) is 17.4 Å². The summed E-state index contributed by atoms with van der Waals surface area (Å²) in [6.45, 7) is 0.0451. The number of primary sulfonamides is 1. The third-order valence-electron chi connectivity index (χ3n) is 4.18. The molecule has 1 aromatic heterocycles. The molecule has 1 atom stereocenters. The Morgan fingerprint density at radius 1 is 1.12 bits per heavy atom. The van der Waals surface area contributed by atoms with E-state index in [0.29, 0.717) is 18.5 Å². The summed E-state index contributed by atoms with van der Waals surface area (Å²) in [5, 5.41) is 14.6. The summed E-state index contributed by atoms with van der Waals surface area (Å²) >= 11 is 0. The van der Waals surface area contributed by atoms with E-state index in [9.17, 15) is 17.9 Å². The molecule has 3 N–H and O–H groups in total. The number of allylic oxidation sites excluding steroid dienone is 2. The van der Waals surface area contributed by atoms with Crippen molar-refractivity contribution in [3.63, 3.8) is 0 Å². The maximum Gasteiger partial charge on any atom is 0.238 e. The number of rotatable bonds is 4. The van der Waals surface area contributed by atoms with Crippen molar-refractivity contribution in [1.82, 2.24) is 4.98 Å². The SMILES string of the molecule is NS(=O)(=O)c1ccc(C2=C(c3ccc(F)cn3)CC(CO)C2)cc1. The summed E-state index contributed by atoms with van der Waals surface area (Å²) in [5.74, 6) is -0.338. The number of nitrogens with two attached hydrogens (primary N) is 1. The van der Waals surface area contributed by atoms with Gasteiger partial charge in [0.2, 0.25) is 10.0 Å². The molecule has 0 bridgehead atoms. The highest BCUT2D eigenvalue weighted by Crippen LogP contribution is 2.42. The minimum absolute atomic E-state index is 0.0451. The van der Waals surface area contributed by atoms with Gasteiger partial charge in [-0.05, 0) is 59.7 Å². The molecule has 0 saturated heterocycles. The lowest BCUT2D eigenvalue weighted by atomic mass is 10.00. The summed E-state index contributed by atoms with van der Waals surface area (Å²) < 4.78 is 35.8. The Morgan fingerprint density at radius 2 is 1.79 bits per heavy atom. The number of aromatic nitrogens is 1. The van der Waals surface area contributed by atoms with Crippen LogP contribution in [-0.2, 0) is 10.0 Å². The highest BCUT2D eigenvalue weighted by atomic mass is 32.2. The number of benzene rings is 1. The summed E-state index contributed by atoms with van der Waals surface area (Å²) in [7, 11) is -3.74. The van der Waals surface area contributed by atoms with Crippen LogP contribution in [0.25, 0.3) is 11.1 Å². The zero-order valence-corrected chi connectivity index (χ0v) is 13.6. The summed E-state index contributed by atoms with van der Waals surface area (Å²) in [6, 6.07) is 9.27. The molecule has 0 amide bonds. The van der Waals surface area contributed by atoms with Crippen LogP contribution in [0, 0.1) is 11.7 Å². The molecule has 0 aliphatic heterocycles. The van der Waals surface area contributed by atoms with Gasteiger partial charge < -0.3 is 5.11 Å². The molecule has 2 aromatic rings. The number of pyridine rings is 1. The molecular formula is C17H17FN2O3S. The van der Waals surface area contributed by atoms with Crippen LogP contribution in [0.4, 0.5) is 4.39 Å². The first kappa shape index (κ1) is 16.8. The molecule has 7 heteroatoms. The van der Waals surface area contributed by atoms with Gasteiger partial charge in [0.05, 0.1) is 16.8 Å². The van der Waals surface area contributed by atoms with Gasteiger partial charge in [-0.1, -0.05) is 12.1 Å². The highest BCUT2D eigenvalue weighted by Gasteiger charge is 2.26. The third-order valence-corrected chi connectivity index (χ3v) is 5.11. The van der Waals surface area contributed by atoms with Crippen molar-refractivity contribution in [3.05, 3.63) is 59.7 Å². The molecule has 24 heavy (non-hydrogen) atoms. The van der Waals surface area contributed by atoms with E-state index < -0.39 is 15.8 Å². The van der Waals surface area contributed by atoms with Gasteiger partial charge in [-0.25, -0.2) is 17.9 Å². The first-order chi connectivity index (χ1) is 11.4. The molecule has 126 valence electrons. The number of hydrogen-bond donors (Lipinski definition) is 2. The van der Waals surface area contributed by atoms with E-state index in [1.807, 2.05) is 0 Å². The van der Waals surface area contributed by atoms with E-state index in [1.54, 1.807) is 18.2 Å². The molecule has 1 aromatic carbocycles. The number of nitrogens with zero attached hydrogens (tertiary/aromatic N) is 1.